The van der Waals surface area contributed by atoms with E-state index in [2.05, 4.69) is 18.8 Å². The highest BCUT2D eigenvalue weighted by Crippen LogP contribution is 2.25. The van der Waals surface area contributed by atoms with E-state index in [1.165, 1.54) is 19.3 Å². The van der Waals surface area contributed by atoms with Crippen LogP contribution in [-0.4, -0.2) is 11.6 Å². The van der Waals surface area contributed by atoms with Crippen molar-refractivity contribution < 1.29 is 4.74 Å². The molecule has 1 atom stereocenters. The highest BCUT2D eigenvalue weighted by molar-refractivity contribution is 5.85. The van der Waals surface area contributed by atoms with E-state index in [0.29, 0.717) is 5.82 Å². The van der Waals surface area contributed by atoms with E-state index in [4.69, 9.17) is 10.5 Å². The molecule has 1 aromatic heterocycles. The SMILES string of the molecule is CCCC(C)CCCOc1cccc2ccc(N)nc12. The summed E-state index contributed by atoms with van der Waals surface area (Å²) in [6.07, 6.45) is 4.86. The molecule has 1 heterocycles. The first-order valence-corrected chi connectivity index (χ1v) is 7.48. The number of hydrogen-bond acceptors (Lipinski definition) is 3. The maximum absolute atomic E-state index is 5.88. The van der Waals surface area contributed by atoms with E-state index in [9.17, 15) is 0 Å². The number of aromatic nitrogens is 1. The van der Waals surface area contributed by atoms with Gasteiger partial charge < -0.3 is 10.5 Å². The maximum atomic E-state index is 5.88. The number of rotatable bonds is 7. The van der Waals surface area contributed by atoms with Crippen molar-refractivity contribution in [2.75, 3.05) is 12.3 Å². The van der Waals surface area contributed by atoms with Crippen molar-refractivity contribution in [2.45, 2.75) is 39.5 Å². The number of nitrogens with two attached hydrogens (primary N) is 1. The van der Waals surface area contributed by atoms with Gasteiger partial charge in [-0.3, -0.25) is 0 Å². The van der Waals surface area contributed by atoms with Crippen LogP contribution in [0, 0.1) is 5.92 Å². The summed E-state index contributed by atoms with van der Waals surface area (Å²) in [4.78, 5) is 4.37. The normalized spacial score (nSPS) is 12.5. The maximum Gasteiger partial charge on any atom is 0.145 e. The van der Waals surface area contributed by atoms with Gasteiger partial charge in [0.05, 0.1) is 6.61 Å². The van der Waals surface area contributed by atoms with E-state index >= 15 is 0 Å². The van der Waals surface area contributed by atoms with Crippen LogP contribution in [0.25, 0.3) is 10.9 Å². The number of hydrogen-bond donors (Lipinski definition) is 1. The lowest BCUT2D eigenvalue weighted by atomic mass is 10.0. The first kappa shape index (κ1) is 14.6. The van der Waals surface area contributed by atoms with Crippen molar-refractivity contribution in [1.82, 2.24) is 4.98 Å². The van der Waals surface area contributed by atoms with Crippen LogP contribution in [0.15, 0.2) is 30.3 Å². The Hall–Kier alpha value is -1.77. The molecule has 2 rings (SSSR count). The predicted molar refractivity (Wildman–Crippen MR) is 85.0 cm³/mol. The van der Waals surface area contributed by atoms with Gasteiger partial charge in [-0.2, -0.15) is 0 Å². The number of para-hydroxylation sites is 1. The smallest absolute Gasteiger partial charge is 0.145 e. The lowest BCUT2D eigenvalue weighted by Crippen LogP contribution is -2.02. The number of nitrogens with zero attached hydrogens (tertiary/aromatic N) is 1. The quantitative estimate of drug-likeness (QED) is 0.759. The molecule has 0 aliphatic rings. The second-order valence-electron chi connectivity index (χ2n) is 5.45. The van der Waals surface area contributed by atoms with Crippen molar-refractivity contribution >= 4 is 16.7 Å². The lowest BCUT2D eigenvalue weighted by molar-refractivity contribution is 0.295. The zero-order chi connectivity index (χ0) is 14.4. The van der Waals surface area contributed by atoms with E-state index in [-0.39, 0.29) is 0 Å². The number of ether oxygens (including phenoxy) is 1. The van der Waals surface area contributed by atoms with E-state index in [1.807, 2.05) is 30.3 Å². The Kier molecular flexibility index (Phi) is 5.22. The molecule has 0 saturated heterocycles. The zero-order valence-electron chi connectivity index (χ0n) is 12.4. The summed E-state index contributed by atoms with van der Waals surface area (Å²) in [6, 6.07) is 9.78. The molecule has 20 heavy (non-hydrogen) atoms. The molecule has 3 nitrogen and oxygen atoms in total. The van der Waals surface area contributed by atoms with Crippen LogP contribution in [0.3, 0.4) is 0 Å². The summed E-state index contributed by atoms with van der Waals surface area (Å²) in [5.74, 6) is 2.15. The third-order valence-electron chi connectivity index (χ3n) is 3.59. The third-order valence-corrected chi connectivity index (χ3v) is 3.59. The Morgan fingerprint density at radius 2 is 2.05 bits per heavy atom. The lowest BCUT2D eigenvalue weighted by Gasteiger charge is -2.11. The van der Waals surface area contributed by atoms with Gasteiger partial charge in [-0.1, -0.05) is 38.8 Å². The molecule has 108 valence electrons. The molecule has 0 spiro atoms. The van der Waals surface area contributed by atoms with Gasteiger partial charge >= 0.3 is 0 Å². The molecule has 0 bridgehead atoms. The average Bonchev–Trinajstić information content (AvgIpc) is 2.44. The van der Waals surface area contributed by atoms with Gasteiger partial charge in [0.2, 0.25) is 0 Å². The summed E-state index contributed by atoms with van der Waals surface area (Å²) in [5, 5.41) is 1.07. The Morgan fingerprint density at radius 1 is 1.20 bits per heavy atom. The molecule has 1 unspecified atom stereocenters. The first-order valence-electron chi connectivity index (χ1n) is 7.48. The molecule has 0 radical (unpaired) electrons. The third kappa shape index (κ3) is 3.86. The van der Waals surface area contributed by atoms with Gasteiger partial charge in [-0.05, 0) is 37.0 Å². The minimum absolute atomic E-state index is 0.533. The van der Waals surface area contributed by atoms with Crippen LogP contribution in [0.2, 0.25) is 0 Å². The van der Waals surface area contributed by atoms with Crippen molar-refractivity contribution in [1.29, 1.82) is 0 Å². The average molecular weight is 272 g/mol. The fourth-order valence-electron chi connectivity index (χ4n) is 2.50. The summed E-state index contributed by atoms with van der Waals surface area (Å²) in [7, 11) is 0. The fraction of sp³-hybridized carbons (Fsp3) is 0.471. The fourth-order valence-corrected chi connectivity index (χ4v) is 2.50. The van der Waals surface area contributed by atoms with Gasteiger partial charge in [0.25, 0.3) is 0 Å². The number of anilines is 1. The van der Waals surface area contributed by atoms with Crippen molar-refractivity contribution in [2.24, 2.45) is 5.92 Å². The van der Waals surface area contributed by atoms with Crippen molar-refractivity contribution in [3.8, 4) is 5.75 Å². The number of fused-ring (bicyclic) bond motifs is 1. The van der Waals surface area contributed by atoms with Crippen molar-refractivity contribution in [3.05, 3.63) is 30.3 Å². The Balaban J connectivity index is 1.94. The molecule has 0 saturated carbocycles. The van der Waals surface area contributed by atoms with Crippen LogP contribution in [0.1, 0.15) is 39.5 Å². The molecule has 2 aromatic rings. The van der Waals surface area contributed by atoms with Crippen LogP contribution in [0.5, 0.6) is 5.75 Å². The Labute approximate surface area is 121 Å². The Bertz CT molecular complexity index is 554. The standard InChI is InChI=1S/C17H24N2O/c1-3-6-13(2)7-5-12-20-15-9-4-8-14-10-11-16(18)19-17(14)15/h4,8-11,13H,3,5-7,12H2,1-2H3,(H2,18,19). The van der Waals surface area contributed by atoms with E-state index in [1.54, 1.807) is 0 Å². The van der Waals surface area contributed by atoms with Crippen molar-refractivity contribution in [3.63, 3.8) is 0 Å². The van der Waals surface area contributed by atoms with Crippen LogP contribution in [0.4, 0.5) is 5.82 Å². The zero-order valence-corrected chi connectivity index (χ0v) is 12.4. The number of pyridine rings is 1. The largest absolute Gasteiger partial charge is 0.491 e. The molecule has 0 fully saturated rings. The monoisotopic (exact) mass is 272 g/mol. The minimum atomic E-state index is 0.533. The highest BCUT2D eigenvalue weighted by Gasteiger charge is 2.05. The van der Waals surface area contributed by atoms with Crippen LogP contribution < -0.4 is 10.5 Å². The second kappa shape index (κ2) is 7.13. The summed E-state index contributed by atoms with van der Waals surface area (Å²) >= 11 is 0. The highest BCUT2D eigenvalue weighted by atomic mass is 16.5. The molecule has 0 amide bonds. The summed E-state index contributed by atoms with van der Waals surface area (Å²) in [6.45, 7) is 5.28. The molecule has 0 aliphatic heterocycles. The van der Waals surface area contributed by atoms with Crippen LogP contribution >= 0.6 is 0 Å². The summed E-state index contributed by atoms with van der Waals surface area (Å²) in [5.41, 5.74) is 6.61. The van der Waals surface area contributed by atoms with E-state index in [0.717, 1.165) is 35.6 Å². The second-order valence-corrected chi connectivity index (χ2v) is 5.45. The first-order chi connectivity index (χ1) is 9.70. The minimum Gasteiger partial charge on any atom is -0.491 e. The molecule has 3 heteroatoms. The molecule has 1 aromatic carbocycles. The van der Waals surface area contributed by atoms with Gasteiger partial charge in [0.15, 0.2) is 0 Å². The molecule has 2 N–H and O–H groups in total. The van der Waals surface area contributed by atoms with Gasteiger partial charge in [0, 0.05) is 5.39 Å². The topological polar surface area (TPSA) is 48.1 Å². The molecular formula is C17H24N2O. The summed E-state index contributed by atoms with van der Waals surface area (Å²) < 4.78 is 5.88. The number of nitrogen functional groups attached to an aromatic ring is 1. The Morgan fingerprint density at radius 3 is 2.85 bits per heavy atom. The van der Waals surface area contributed by atoms with E-state index < -0.39 is 0 Å². The predicted octanol–water partition coefficient (Wildman–Crippen LogP) is 4.41. The van der Waals surface area contributed by atoms with Gasteiger partial charge in [-0.15, -0.1) is 0 Å². The van der Waals surface area contributed by atoms with Crippen LogP contribution in [-0.2, 0) is 0 Å². The number of benzene rings is 1. The van der Waals surface area contributed by atoms with Gasteiger partial charge in [-0.25, -0.2) is 4.98 Å². The molecular weight excluding hydrogens is 248 g/mol. The molecule has 0 aliphatic carbocycles. The van der Waals surface area contributed by atoms with Gasteiger partial charge in [0.1, 0.15) is 17.1 Å².